The lowest BCUT2D eigenvalue weighted by Crippen LogP contribution is -2.06. The van der Waals surface area contributed by atoms with Crippen molar-refractivity contribution in [1.29, 1.82) is 5.41 Å². The molecule has 6 nitrogen and oxygen atoms in total. The van der Waals surface area contributed by atoms with Crippen LogP contribution in [0.5, 0.6) is 0 Å². The summed E-state index contributed by atoms with van der Waals surface area (Å²) in [6, 6.07) is 5.71. The van der Waals surface area contributed by atoms with E-state index in [1.165, 1.54) is 31.9 Å². The van der Waals surface area contributed by atoms with Gasteiger partial charge in [0, 0.05) is 37.1 Å². The van der Waals surface area contributed by atoms with Gasteiger partial charge in [-0.1, -0.05) is 25.0 Å². The van der Waals surface area contributed by atoms with Gasteiger partial charge >= 0.3 is 0 Å². The van der Waals surface area contributed by atoms with Crippen molar-refractivity contribution in [3.8, 4) is 0 Å². The fraction of sp³-hybridized carbons (Fsp3) is 0.350. The number of nitrogens with zero attached hydrogens (tertiary/aromatic N) is 2. The monoisotopic (exact) mass is 350 g/mol. The smallest absolute Gasteiger partial charge is 0.137 e. The third-order valence-electron chi connectivity index (χ3n) is 4.96. The molecule has 0 aliphatic heterocycles. The second-order valence-electron chi connectivity index (χ2n) is 6.70. The predicted molar refractivity (Wildman–Crippen MR) is 111 cm³/mol. The fourth-order valence-corrected chi connectivity index (χ4v) is 3.48. The Labute approximate surface area is 153 Å². The van der Waals surface area contributed by atoms with Crippen molar-refractivity contribution in [2.24, 2.45) is 16.6 Å². The van der Waals surface area contributed by atoms with Gasteiger partial charge in [-0.25, -0.2) is 4.98 Å². The number of allylic oxidation sites excluding steroid dienone is 1. The van der Waals surface area contributed by atoms with E-state index in [1.54, 1.807) is 6.08 Å². The van der Waals surface area contributed by atoms with E-state index < -0.39 is 0 Å². The molecular weight excluding hydrogens is 324 g/mol. The lowest BCUT2D eigenvalue weighted by Gasteiger charge is -2.12. The molecule has 0 saturated heterocycles. The minimum Gasteiger partial charge on any atom is -0.398 e. The molecule has 1 aromatic carbocycles. The first kappa shape index (κ1) is 17.9. The van der Waals surface area contributed by atoms with Crippen LogP contribution in [0.1, 0.15) is 36.8 Å². The molecule has 0 spiro atoms. The van der Waals surface area contributed by atoms with E-state index >= 15 is 0 Å². The van der Waals surface area contributed by atoms with E-state index in [4.69, 9.17) is 16.9 Å². The van der Waals surface area contributed by atoms with Gasteiger partial charge in [0.25, 0.3) is 0 Å². The fourth-order valence-electron chi connectivity index (χ4n) is 3.48. The molecular formula is C20H26N6. The number of fused-ring (bicyclic) bond motifs is 1. The van der Waals surface area contributed by atoms with E-state index in [1.807, 2.05) is 31.5 Å². The van der Waals surface area contributed by atoms with Crippen molar-refractivity contribution < 1.29 is 0 Å². The predicted octanol–water partition coefficient (Wildman–Crippen LogP) is 3.42. The lowest BCUT2D eigenvalue weighted by atomic mass is 10.0. The van der Waals surface area contributed by atoms with E-state index in [0.717, 1.165) is 28.6 Å². The van der Waals surface area contributed by atoms with E-state index in [2.05, 4.69) is 15.3 Å². The molecule has 3 rings (SSSR count). The first-order chi connectivity index (χ1) is 12.6. The third-order valence-corrected chi connectivity index (χ3v) is 4.96. The Morgan fingerprint density at radius 1 is 1.38 bits per heavy atom. The van der Waals surface area contributed by atoms with Gasteiger partial charge in [-0.3, -0.25) is 4.99 Å². The van der Waals surface area contributed by atoms with Gasteiger partial charge < -0.3 is 22.2 Å². The molecule has 1 saturated carbocycles. The molecule has 26 heavy (non-hydrogen) atoms. The number of rotatable bonds is 6. The minimum atomic E-state index is 0.524. The molecule has 136 valence electrons. The number of nitrogen functional groups attached to an aromatic ring is 1. The number of hydrogen-bond donors (Lipinski definition) is 4. The summed E-state index contributed by atoms with van der Waals surface area (Å²) in [7, 11) is 1.83. The number of anilines is 2. The standard InChI is InChI=1S/C20H26N6/c1-24-20-16(12-25-11-13-4-2-3-5-13)19(23)15-7-6-14(10-18(15)26-20)17(22)8-9-21/h6-10,12-13,21H,2-5,11,22H2,1H3,(H3,23,24,26). The number of aliphatic imine (C=N–C) groups is 1. The Hall–Kier alpha value is -2.89. The highest BCUT2D eigenvalue weighted by Crippen LogP contribution is 2.30. The first-order valence-electron chi connectivity index (χ1n) is 9.01. The summed E-state index contributed by atoms with van der Waals surface area (Å²) in [5.74, 6) is 1.40. The lowest BCUT2D eigenvalue weighted by molar-refractivity contribution is 0.564. The first-order valence-corrected chi connectivity index (χ1v) is 9.01. The zero-order chi connectivity index (χ0) is 18.5. The summed E-state index contributed by atoms with van der Waals surface area (Å²) in [4.78, 5) is 9.32. The zero-order valence-electron chi connectivity index (χ0n) is 15.1. The third kappa shape index (κ3) is 3.69. The highest BCUT2D eigenvalue weighted by molar-refractivity contribution is 6.05. The van der Waals surface area contributed by atoms with Crippen LogP contribution in [0.2, 0.25) is 0 Å². The molecule has 0 atom stereocenters. The number of nitrogens with two attached hydrogens (primary N) is 2. The highest BCUT2D eigenvalue weighted by Gasteiger charge is 2.15. The summed E-state index contributed by atoms with van der Waals surface area (Å²) in [6.07, 6.45) is 9.75. The van der Waals surface area contributed by atoms with Crippen LogP contribution in [-0.4, -0.2) is 31.0 Å². The molecule has 1 fully saturated rings. The van der Waals surface area contributed by atoms with Gasteiger partial charge in [0.15, 0.2) is 0 Å². The van der Waals surface area contributed by atoms with Gasteiger partial charge in [0.2, 0.25) is 0 Å². The van der Waals surface area contributed by atoms with Crippen LogP contribution >= 0.6 is 0 Å². The van der Waals surface area contributed by atoms with Crippen molar-refractivity contribution in [3.63, 3.8) is 0 Å². The maximum atomic E-state index is 7.16. The van der Waals surface area contributed by atoms with Crippen LogP contribution in [0, 0.1) is 11.3 Å². The molecule has 0 radical (unpaired) electrons. The van der Waals surface area contributed by atoms with Crippen LogP contribution in [0.4, 0.5) is 11.5 Å². The number of benzene rings is 1. The number of aromatic nitrogens is 1. The maximum Gasteiger partial charge on any atom is 0.137 e. The summed E-state index contributed by atoms with van der Waals surface area (Å²) >= 11 is 0. The maximum absolute atomic E-state index is 7.16. The molecule has 1 aromatic heterocycles. The summed E-state index contributed by atoms with van der Waals surface area (Å²) in [5, 5.41) is 11.1. The largest absolute Gasteiger partial charge is 0.398 e. The van der Waals surface area contributed by atoms with Gasteiger partial charge in [-0.15, -0.1) is 0 Å². The molecule has 0 amide bonds. The molecule has 1 heterocycles. The Kier molecular flexibility index (Phi) is 5.51. The number of pyridine rings is 1. The molecule has 1 aliphatic carbocycles. The molecule has 6 heteroatoms. The van der Waals surface area contributed by atoms with Crippen molar-refractivity contribution >= 4 is 40.5 Å². The van der Waals surface area contributed by atoms with Crippen LogP contribution in [0.3, 0.4) is 0 Å². The normalized spacial score (nSPS) is 15.8. The summed E-state index contributed by atoms with van der Waals surface area (Å²) < 4.78 is 0. The zero-order valence-corrected chi connectivity index (χ0v) is 15.1. The molecule has 1 aliphatic rings. The van der Waals surface area contributed by atoms with Crippen molar-refractivity contribution in [3.05, 3.63) is 35.4 Å². The highest BCUT2D eigenvalue weighted by atomic mass is 15.0. The molecule has 2 aromatic rings. The average Bonchev–Trinajstić information content (AvgIpc) is 3.16. The number of nitrogens with one attached hydrogen (secondary N) is 2. The Balaban J connectivity index is 1.97. The van der Waals surface area contributed by atoms with Crippen molar-refractivity contribution in [2.75, 3.05) is 24.6 Å². The molecule has 0 unspecified atom stereocenters. The van der Waals surface area contributed by atoms with Crippen molar-refractivity contribution in [1.82, 2.24) is 4.98 Å². The van der Waals surface area contributed by atoms with Crippen LogP contribution in [0.25, 0.3) is 16.6 Å². The van der Waals surface area contributed by atoms with Crippen LogP contribution < -0.4 is 16.8 Å². The Morgan fingerprint density at radius 3 is 2.85 bits per heavy atom. The van der Waals surface area contributed by atoms with Gasteiger partial charge in [-0.2, -0.15) is 0 Å². The van der Waals surface area contributed by atoms with Crippen LogP contribution in [0.15, 0.2) is 29.3 Å². The minimum absolute atomic E-state index is 0.524. The van der Waals surface area contributed by atoms with Gasteiger partial charge in [0.05, 0.1) is 16.8 Å². The Morgan fingerprint density at radius 2 is 2.15 bits per heavy atom. The van der Waals surface area contributed by atoms with E-state index in [9.17, 15) is 0 Å². The second kappa shape index (κ2) is 7.99. The summed E-state index contributed by atoms with van der Waals surface area (Å²) in [5.41, 5.74) is 16.0. The topological polar surface area (TPSA) is 113 Å². The van der Waals surface area contributed by atoms with Crippen molar-refractivity contribution in [2.45, 2.75) is 25.7 Å². The van der Waals surface area contributed by atoms with E-state index in [0.29, 0.717) is 23.1 Å². The van der Waals surface area contributed by atoms with Gasteiger partial charge in [-0.05, 0) is 36.5 Å². The molecule has 0 bridgehead atoms. The Bertz CT molecular complexity index is 862. The van der Waals surface area contributed by atoms with Crippen LogP contribution in [-0.2, 0) is 0 Å². The average molecular weight is 350 g/mol. The van der Waals surface area contributed by atoms with Gasteiger partial charge in [0.1, 0.15) is 5.82 Å². The summed E-state index contributed by atoms with van der Waals surface area (Å²) in [6.45, 7) is 0.852. The quantitative estimate of drug-likeness (QED) is 0.598. The second-order valence-corrected chi connectivity index (χ2v) is 6.70. The number of hydrogen-bond acceptors (Lipinski definition) is 6. The SMILES string of the molecule is CNc1nc2cc(C(N)=CC=N)ccc2c(N)c1C=NCC1CCCC1. The molecule has 6 N–H and O–H groups in total. The van der Waals surface area contributed by atoms with E-state index in [-0.39, 0.29) is 0 Å².